The second kappa shape index (κ2) is 5.04. The summed E-state index contributed by atoms with van der Waals surface area (Å²) < 4.78 is 19.5. The van der Waals surface area contributed by atoms with Gasteiger partial charge >= 0.3 is 0 Å². The smallest absolute Gasteiger partial charge is 0.132 e. The van der Waals surface area contributed by atoms with Crippen molar-refractivity contribution in [2.75, 3.05) is 7.11 Å². The van der Waals surface area contributed by atoms with Crippen LogP contribution in [-0.2, 0) is 0 Å². The molecule has 17 heavy (non-hydrogen) atoms. The lowest BCUT2D eigenvalue weighted by molar-refractivity contribution is 0.402. The molecule has 0 aliphatic carbocycles. The topological polar surface area (TPSA) is 35.2 Å². The van der Waals surface area contributed by atoms with Crippen LogP contribution in [0.3, 0.4) is 0 Å². The van der Waals surface area contributed by atoms with Crippen LogP contribution in [0.2, 0.25) is 4.34 Å². The summed E-state index contributed by atoms with van der Waals surface area (Å²) in [5.74, 6) is 0.0726. The minimum atomic E-state index is -0.566. The van der Waals surface area contributed by atoms with Gasteiger partial charge in [-0.05, 0) is 24.3 Å². The molecule has 0 saturated carbocycles. The van der Waals surface area contributed by atoms with Crippen LogP contribution >= 0.6 is 22.9 Å². The Labute approximate surface area is 108 Å². The fourth-order valence-electron chi connectivity index (χ4n) is 1.63. The van der Waals surface area contributed by atoms with Crippen molar-refractivity contribution in [3.05, 3.63) is 50.9 Å². The third-order valence-corrected chi connectivity index (χ3v) is 3.76. The van der Waals surface area contributed by atoms with Crippen LogP contribution in [0.5, 0.6) is 5.75 Å². The molecule has 0 saturated heterocycles. The van der Waals surface area contributed by atoms with Crippen LogP contribution in [0.1, 0.15) is 16.5 Å². The Kier molecular flexibility index (Phi) is 3.66. The van der Waals surface area contributed by atoms with Crippen LogP contribution in [0.15, 0.2) is 30.3 Å². The highest BCUT2D eigenvalue weighted by atomic mass is 35.5. The molecule has 2 N–H and O–H groups in total. The van der Waals surface area contributed by atoms with Gasteiger partial charge < -0.3 is 10.5 Å². The molecule has 1 aromatic heterocycles. The number of hydrogen-bond acceptors (Lipinski definition) is 3. The van der Waals surface area contributed by atoms with E-state index < -0.39 is 6.04 Å². The zero-order chi connectivity index (χ0) is 12.4. The molecule has 0 aliphatic heterocycles. The van der Waals surface area contributed by atoms with Gasteiger partial charge in [-0.3, -0.25) is 0 Å². The molecule has 2 aromatic rings. The largest absolute Gasteiger partial charge is 0.496 e. The summed E-state index contributed by atoms with van der Waals surface area (Å²) in [6, 6.07) is 7.62. The van der Waals surface area contributed by atoms with E-state index in [1.165, 1.54) is 24.5 Å². The number of thiophene rings is 1. The molecular weight excluding hydrogens is 261 g/mol. The van der Waals surface area contributed by atoms with E-state index in [1.54, 1.807) is 24.3 Å². The van der Waals surface area contributed by atoms with Crippen LogP contribution in [-0.4, -0.2) is 7.11 Å². The highest BCUT2D eigenvalue weighted by molar-refractivity contribution is 7.16. The maximum Gasteiger partial charge on any atom is 0.132 e. The summed E-state index contributed by atoms with van der Waals surface area (Å²) in [6.45, 7) is 0. The molecule has 1 unspecified atom stereocenters. The van der Waals surface area contributed by atoms with Crippen molar-refractivity contribution in [2.45, 2.75) is 6.04 Å². The second-order valence-electron chi connectivity index (χ2n) is 3.48. The van der Waals surface area contributed by atoms with E-state index in [4.69, 9.17) is 22.1 Å². The maximum absolute atomic E-state index is 13.8. The van der Waals surface area contributed by atoms with E-state index in [9.17, 15) is 4.39 Å². The summed E-state index contributed by atoms with van der Waals surface area (Å²) in [4.78, 5) is 0.804. The zero-order valence-corrected chi connectivity index (χ0v) is 10.7. The fourth-order valence-corrected chi connectivity index (χ4v) is 2.71. The Bertz CT molecular complexity index is 529. The van der Waals surface area contributed by atoms with Crippen molar-refractivity contribution < 1.29 is 9.13 Å². The van der Waals surface area contributed by atoms with Crippen LogP contribution in [0, 0.1) is 5.82 Å². The molecule has 0 amide bonds. The Morgan fingerprint density at radius 2 is 2.12 bits per heavy atom. The number of hydrogen-bond donors (Lipinski definition) is 1. The van der Waals surface area contributed by atoms with Crippen LogP contribution in [0.4, 0.5) is 4.39 Å². The zero-order valence-electron chi connectivity index (χ0n) is 9.11. The predicted octanol–water partition coefficient (Wildman–Crippen LogP) is 3.60. The summed E-state index contributed by atoms with van der Waals surface area (Å²) >= 11 is 7.18. The second-order valence-corrected chi connectivity index (χ2v) is 5.22. The predicted molar refractivity (Wildman–Crippen MR) is 68.3 cm³/mol. The van der Waals surface area contributed by atoms with Gasteiger partial charge in [-0.1, -0.05) is 17.7 Å². The van der Waals surface area contributed by atoms with Crippen molar-refractivity contribution >= 4 is 22.9 Å². The Balaban J connectivity index is 2.46. The average molecular weight is 272 g/mol. The minimum absolute atomic E-state index is 0.355. The first-order valence-electron chi connectivity index (χ1n) is 4.96. The number of ether oxygens (including phenoxy) is 1. The lowest BCUT2D eigenvalue weighted by atomic mass is 10.0. The van der Waals surface area contributed by atoms with E-state index in [1.807, 2.05) is 0 Å². The van der Waals surface area contributed by atoms with Crippen molar-refractivity contribution in [1.82, 2.24) is 0 Å². The number of nitrogens with two attached hydrogens (primary N) is 1. The van der Waals surface area contributed by atoms with Crippen LogP contribution in [0.25, 0.3) is 0 Å². The van der Waals surface area contributed by atoms with Gasteiger partial charge in [-0.25, -0.2) is 4.39 Å². The molecule has 90 valence electrons. The van der Waals surface area contributed by atoms with Gasteiger partial charge in [-0.2, -0.15) is 0 Å². The van der Waals surface area contributed by atoms with Gasteiger partial charge in [0.05, 0.1) is 23.1 Å². The molecule has 5 heteroatoms. The van der Waals surface area contributed by atoms with Gasteiger partial charge in [0.15, 0.2) is 0 Å². The van der Waals surface area contributed by atoms with E-state index in [0.29, 0.717) is 15.6 Å². The average Bonchev–Trinajstić information content (AvgIpc) is 2.74. The number of halogens is 2. The SMILES string of the molecule is COc1cccc(F)c1C(N)c1ccc(Cl)s1. The normalized spacial score (nSPS) is 12.5. The quantitative estimate of drug-likeness (QED) is 0.926. The first-order chi connectivity index (χ1) is 8.13. The summed E-state index contributed by atoms with van der Waals surface area (Å²) in [5, 5.41) is 0. The molecule has 0 aliphatic rings. The lowest BCUT2D eigenvalue weighted by Gasteiger charge is -2.15. The maximum atomic E-state index is 13.8. The summed E-state index contributed by atoms with van der Waals surface area (Å²) in [6.07, 6.45) is 0. The summed E-state index contributed by atoms with van der Waals surface area (Å²) in [7, 11) is 1.49. The Morgan fingerprint density at radius 3 is 2.71 bits per heavy atom. The number of methoxy groups -OCH3 is 1. The van der Waals surface area contributed by atoms with E-state index >= 15 is 0 Å². The van der Waals surface area contributed by atoms with Gasteiger partial charge in [0.2, 0.25) is 0 Å². The van der Waals surface area contributed by atoms with Crippen molar-refractivity contribution in [3.8, 4) is 5.75 Å². The molecule has 2 nitrogen and oxygen atoms in total. The van der Waals surface area contributed by atoms with Gasteiger partial charge in [0, 0.05) is 4.88 Å². The lowest BCUT2D eigenvalue weighted by Crippen LogP contribution is -2.13. The number of benzene rings is 1. The Hall–Kier alpha value is -1.10. The van der Waals surface area contributed by atoms with Gasteiger partial charge in [-0.15, -0.1) is 11.3 Å². The van der Waals surface area contributed by atoms with E-state index in [0.717, 1.165) is 4.88 Å². The monoisotopic (exact) mass is 271 g/mol. The minimum Gasteiger partial charge on any atom is -0.496 e. The molecule has 1 aromatic carbocycles. The molecule has 1 heterocycles. The molecule has 0 bridgehead atoms. The first kappa shape index (κ1) is 12.4. The van der Waals surface area contributed by atoms with Crippen LogP contribution < -0.4 is 10.5 Å². The first-order valence-corrected chi connectivity index (χ1v) is 6.16. The molecule has 2 rings (SSSR count). The van der Waals surface area contributed by atoms with E-state index in [-0.39, 0.29) is 5.82 Å². The van der Waals surface area contributed by atoms with Crippen molar-refractivity contribution in [1.29, 1.82) is 0 Å². The third-order valence-electron chi connectivity index (χ3n) is 2.44. The molecular formula is C12H11ClFNOS. The van der Waals surface area contributed by atoms with E-state index in [2.05, 4.69) is 0 Å². The highest BCUT2D eigenvalue weighted by Crippen LogP contribution is 2.34. The van der Waals surface area contributed by atoms with Gasteiger partial charge in [0.1, 0.15) is 11.6 Å². The summed E-state index contributed by atoms with van der Waals surface area (Å²) in [5.41, 5.74) is 6.39. The standard InChI is InChI=1S/C12H11ClFNOS/c1-16-8-4-2-3-7(14)11(8)12(15)9-5-6-10(13)17-9/h2-6,12H,15H2,1H3. The molecule has 0 fully saturated rings. The van der Waals surface area contributed by atoms with Crippen molar-refractivity contribution in [3.63, 3.8) is 0 Å². The highest BCUT2D eigenvalue weighted by Gasteiger charge is 2.19. The number of rotatable bonds is 3. The van der Waals surface area contributed by atoms with Crippen molar-refractivity contribution in [2.24, 2.45) is 5.73 Å². The fraction of sp³-hybridized carbons (Fsp3) is 0.167. The third kappa shape index (κ3) is 2.44. The molecule has 1 atom stereocenters. The molecule has 0 spiro atoms. The molecule has 0 radical (unpaired) electrons. The Morgan fingerprint density at radius 1 is 1.35 bits per heavy atom. The van der Waals surface area contributed by atoms with Gasteiger partial charge in [0.25, 0.3) is 0 Å².